The van der Waals surface area contributed by atoms with E-state index in [9.17, 15) is 0 Å². The molecule has 0 aromatic rings. The Bertz CT molecular complexity index is 65.6. The van der Waals surface area contributed by atoms with Gasteiger partial charge in [0.1, 0.15) is 0 Å². The van der Waals surface area contributed by atoms with Gasteiger partial charge in [-0.25, -0.2) is 0 Å². The number of hydrogen-bond donors (Lipinski definition) is 0. The Balaban J connectivity index is 0.000000250. The molecule has 0 bridgehead atoms. The largest absolute Gasteiger partial charge is 0.0969 e. The Morgan fingerprint density at radius 1 is 1.00 bits per heavy atom. The van der Waals surface area contributed by atoms with Gasteiger partial charge in [-0.3, -0.25) is 0 Å². The average molecular weight is 201 g/mol. The molecule has 4 radical (unpaired) electrons. The Morgan fingerprint density at radius 2 is 1.50 bits per heavy atom. The van der Waals surface area contributed by atoms with Gasteiger partial charge in [-0.05, 0) is 0 Å². The molecule has 0 saturated heterocycles. The van der Waals surface area contributed by atoms with E-state index in [4.69, 9.17) is 0 Å². The summed E-state index contributed by atoms with van der Waals surface area (Å²) < 4.78 is 0. The molecule has 6 heavy (non-hydrogen) atoms. The summed E-state index contributed by atoms with van der Waals surface area (Å²) in [6, 6.07) is 0. The van der Waals surface area contributed by atoms with E-state index in [0.29, 0.717) is 0 Å². The Hall–Kier alpha value is 0.496. The molecule has 0 aliphatic carbocycles. The second-order valence-corrected chi connectivity index (χ2v) is 2.51. The molecular weight excluding hydrogens is 195 g/mol. The van der Waals surface area contributed by atoms with Crippen LogP contribution in [0.4, 0.5) is 0 Å². The van der Waals surface area contributed by atoms with Crippen molar-refractivity contribution in [3.63, 3.8) is 0 Å². The molecular formula is C4H6SiSn. The first kappa shape index (κ1) is 6.50. The van der Waals surface area contributed by atoms with Crippen LogP contribution in [0.3, 0.4) is 0 Å². The van der Waals surface area contributed by atoms with Crippen LogP contribution in [0.15, 0.2) is 23.6 Å². The Labute approximate surface area is 57.1 Å². The number of allylic oxidation sites excluding steroid dienone is 2. The van der Waals surface area contributed by atoms with Gasteiger partial charge >= 0.3 is 0 Å². The van der Waals surface area contributed by atoms with Gasteiger partial charge in [-0.15, -0.1) is 0 Å². The van der Waals surface area contributed by atoms with Crippen LogP contribution < -0.4 is 0 Å². The third-order valence-corrected chi connectivity index (χ3v) is 1.74. The Morgan fingerprint density at radius 3 is 1.67 bits per heavy atom. The summed E-state index contributed by atoms with van der Waals surface area (Å²) in [6.45, 7) is 0. The van der Waals surface area contributed by atoms with E-state index in [1.54, 1.807) is 0 Å². The topological polar surface area (TPSA) is 0 Å². The van der Waals surface area contributed by atoms with Crippen LogP contribution in [0.2, 0.25) is 0 Å². The van der Waals surface area contributed by atoms with Crippen LogP contribution in [0.25, 0.3) is 0 Å². The third-order valence-electron chi connectivity index (χ3n) is 0.655. The van der Waals surface area contributed by atoms with Gasteiger partial charge in [-0.2, -0.15) is 0 Å². The van der Waals surface area contributed by atoms with Crippen molar-refractivity contribution in [3.05, 3.63) is 23.6 Å². The van der Waals surface area contributed by atoms with Gasteiger partial charge in [0.05, 0.1) is 9.52 Å². The molecule has 0 nitrogen and oxygen atoms in total. The van der Waals surface area contributed by atoms with E-state index < -0.39 is 0 Å². The van der Waals surface area contributed by atoms with E-state index in [0.717, 1.165) is 0 Å². The summed E-state index contributed by atoms with van der Waals surface area (Å²) in [4.78, 5) is 0. The van der Waals surface area contributed by atoms with Crippen LogP contribution in [-0.2, 0) is 0 Å². The normalized spacial score (nSPS) is 14.7. The monoisotopic (exact) mass is 202 g/mol. The first-order chi connectivity index (χ1) is 2.50. The molecule has 0 aromatic heterocycles. The van der Waals surface area contributed by atoms with Crippen LogP contribution in [0, 0.1) is 0 Å². The molecule has 1 heterocycles. The number of hydrogen-bond acceptors (Lipinski definition) is 0. The zero-order chi connectivity index (χ0) is 3.54. The van der Waals surface area contributed by atoms with Crippen LogP contribution in [-0.4, -0.2) is 33.4 Å². The van der Waals surface area contributed by atoms with E-state index in [1.165, 1.54) is 0 Å². The van der Waals surface area contributed by atoms with E-state index in [1.807, 2.05) is 0 Å². The first-order valence-corrected chi connectivity index (χ1v) is 3.45. The fourth-order valence-corrected chi connectivity index (χ4v) is 1.18. The number of rotatable bonds is 0. The van der Waals surface area contributed by atoms with Crippen LogP contribution in [0.1, 0.15) is 0 Å². The quantitative estimate of drug-likeness (QED) is 0.476. The zero-order valence-corrected chi connectivity index (χ0v) is 7.78. The molecule has 0 aromatic carbocycles. The molecule has 2 heteroatoms. The standard InChI is InChI=1S/C4H6Si.Sn/c1-2-4-5-3-1;/h1-4H,5H2;. The minimum Gasteiger partial charge on any atom is -0.0969 e. The van der Waals surface area contributed by atoms with Crippen molar-refractivity contribution in [2.45, 2.75) is 0 Å². The molecule has 0 atom stereocenters. The first-order valence-electron chi connectivity index (χ1n) is 1.82. The molecule has 1 rings (SSSR count). The fourth-order valence-electron chi connectivity index (χ4n) is 0.393. The van der Waals surface area contributed by atoms with Gasteiger partial charge in [0, 0.05) is 23.9 Å². The minimum absolute atomic E-state index is 0. The van der Waals surface area contributed by atoms with Gasteiger partial charge in [-0.1, -0.05) is 23.6 Å². The summed E-state index contributed by atoms with van der Waals surface area (Å²) in [5.41, 5.74) is 4.53. The van der Waals surface area contributed by atoms with Crippen molar-refractivity contribution in [2.75, 3.05) is 0 Å². The van der Waals surface area contributed by atoms with Crippen molar-refractivity contribution in [1.29, 1.82) is 0 Å². The summed E-state index contributed by atoms with van der Waals surface area (Å²) in [6.07, 6.45) is 4.23. The second kappa shape index (κ2) is 3.68. The predicted octanol–water partition coefficient (Wildman–Crippen LogP) is -0.185. The zero-order valence-electron chi connectivity index (χ0n) is 3.52. The maximum Gasteiger partial charge on any atom is 0.0691 e. The van der Waals surface area contributed by atoms with Crippen molar-refractivity contribution in [2.24, 2.45) is 0 Å². The Kier molecular flexibility index (Phi) is 3.98. The molecule has 0 saturated carbocycles. The molecule has 1 aliphatic heterocycles. The van der Waals surface area contributed by atoms with Crippen LogP contribution in [0.5, 0.6) is 0 Å². The van der Waals surface area contributed by atoms with Crippen LogP contribution >= 0.6 is 0 Å². The molecule has 0 fully saturated rings. The molecule has 0 amide bonds. The molecule has 30 valence electrons. The van der Waals surface area contributed by atoms with Crippen molar-refractivity contribution in [1.82, 2.24) is 0 Å². The molecule has 0 N–H and O–H groups in total. The average Bonchev–Trinajstić information content (AvgIpc) is 1.76. The maximum absolute atomic E-state index is 2.26. The SMILES string of the molecule is C1=C[SiH2]C=C1.[Sn]. The fraction of sp³-hybridized carbons (Fsp3) is 0. The summed E-state index contributed by atoms with van der Waals surface area (Å²) in [5, 5.41) is 0. The molecule has 0 unspecified atom stereocenters. The van der Waals surface area contributed by atoms with Gasteiger partial charge < -0.3 is 0 Å². The van der Waals surface area contributed by atoms with Gasteiger partial charge in [0.25, 0.3) is 0 Å². The predicted molar refractivity (Wildman–Crippen MR) is 32.6 cm³/mol. The maximum atomic E-state index is 2.26. The van der Waals surface area contributed by atoms with Gasteiger partial charge in [0.15, 0.2) is 0 Å². The summed E-state index contributed by atoms with van der Waals surface area (Å²) in [5.74, 6) is 0. The minimum atomic E-state index is 0. The smallest absolute Gasteiger partial charge is 0.0691 e. The van der Waals surface area contributed by atoms with Gasteiger partial charge in [0.2, 0.25) is 0 Å². The summed E-state index contributed by atoms with van der Waals surface area (Å²) >= 11 is 0. The second-order valence-electron chi connectivity index (χ2n) is 1.09. The van der Waals surface area contributed by atoms with E-state index >= 15 is 0 Å². The van der Waals surface area contributed by atoms with Crippen molar-refractivity contribution >= 4 is 33.4 Å². The third kappa shape index (κ3) is 1.82. The van der Waals surface area contributed by atoms with Crippen molar-refractivity contribution in [3.8, 4) is 0 Å². The van der Waals surface area contributed by atoms with E-state index in [2.05, 4.69) is 23.6 Å². The van der Waals surface area contributed by atoms with E-state index in [-0.39, 0.29) is 33.4 Å². The van der Waals surface area contributed by atoms with Crippen molar-refractivity contribution < 1.29 is 0 Å². The molecule has 1 aliphatic rings. The molecule has 0 spiro atoms. The summed E-state index contributed by atoms with van der Waals surface area (Å²) in [7, 11) is 0.182.